The van der Waals surface area contributed by atoms with Crippen LogP contribution >= 0.6 is 11.5 Å². The number of hydrogen-bond donors (Lipinski definition) is 1. The van der Waals surface area contributed by atoms with Crippen molar-refractivity contribution in [3.8, 4) is 0 Å². The summed E-state index contributed by atoms with van der Waals surface area (Å²) < 4.78 is 5.80. The summed E-state index contributed by atoms with van der Waals surface area (Å²) in [6, 6.07) is 0. The van der Waals surface area contributed by atoms with E-state index in [2.05, 4.69) is 21.6 Å². The van der Waals surface area contributed by atoms with Crippen molar-refractivity contribution < 1.29 is 5.11 Å². The second kappa shape index (κ2) is 6.06. The molecule has 0 aliphatic rings. The molecule has 2 aromatic heterocycles. The number of nitrogens with zero attached hydrogens (tertiary/aromatic N) is 4. The molecule has 0 amide bonds. The molecule has 2 rings (SSSR count). The van der Waals surface area contributed by atoms with Gasteiger partial charge in [-0.25, -0.2) is 0 Å². The Morgan fingerprint density at radius 1 is 1.44 bits per heavy atom. The van der Waals surface area contributed by atoms with E-state index in [-0.39, 0.29) is 0 Å². The second-order valence-corrected chi connectivity index (χ2v) is 5.04. The first-order valence-electron chi connectivity index (χ1n) is 6.25. The Morgan fingerprint density at radius 2 is 2.28 bits per heavy atom. The highest BCUT2D eigenvalue weighted by molar-refractivity contribution is 7.05. The van der Waals surface area contributed by atoms with E-state index in [1.165, 1.54) is 11.5 Å². The maximum absolute atomic E-state index is 10.2. The molecule has 18 heavy (non-hydrogen) atoms. The fraction of sp³-hybridized carbons (Fsp3) is 0.583. The number of rotatable bonds is 6. The molecule has 0 aliphatic heterocycles. The molecule has 0 saturated heterocycles. The summed E-state index contributed by atoms with van der Waals surface area (Å²) in [6.07, 6.45) is 5.70. The van der Waals surface area contributed by atoms with Crippen LogP contribution in [0.5, 0.6) is 0 Å². The van der Waals surface area contributed by atoms with Gasteiger partial charge in [-0.15, -0.1) is 5.10 Å². The Balaban J connectivity index is 2.06. The van der Waals surface area contributed by atoms with E-state index < -0.39 is 6.10 Å². The Bertz CT molecular complexity index is 494. The van der Waals surface area contributed by atoms with Gasteiger partial charge in [-0.1, -0.05) is 17.8 Å². The van der Waals surface area contributed by atoms with Gasteiger partial charge >= 0.3 is 0 Å². The molecule has 1 N–H and O–H groups in total. The zero-order valence-electron chi connectivity index (χ0n) is 10.7. The second-order valence-electron chi connectivity index (χ2n) is 4.26. The molecule has 0 aromatic carbocycles. The average molecular weight is 266 g/mol. The zero-order chi connectivity index (χ0) is 13.0. The van der Waals surface area contributed by atoms with Crippen molar-refractivity contribution in [3.63, 3.8) is 0 Å². The minimum Gasteiger partial charge on any atom is -0.387 e. The van der Waals surface area contributed by atoms with Crippen molar-refractivity contribution in [3.05, 3.63) is 28.5 Å². The van der Waals surface area contributed by atoms with Crippen LogP contribution in [-0.4, -0.2) is 24.5 Å². The minimum atomic E-state index is -0.527. The van der Waals surface area contributed by atoms with E-state index >= 15 is 0 Å². The third-order valence-corrected chi connectivity index (χ3v) is 3.68. The fourth-order valence-electron chi connectivity index (χ4n) is 1.88. The maximum atomic E-state index is 10.2. The first kappa shape index (κ1) is 13.2. The molecule has 0 bridgehead atoms. The Kier molecular flexibility index (Phi) is 4.43. The lowest BCUT2D eigenvalue weighted by atomic mass is 10.1. The van der Waals surface area contributed by atoms with Crippen molar-refractivity contribution in [1.29, 1.82) is 0 Å². The summed E-state index contributed by atoms with van der Waals surface area (Å²) in [5.41, 5.74) is 1.97. The van der Waals surface area contributed by atoms with Crippen LogP contribution in [-0.2, 0) is 19.4 Å². The molecule has 5 nitrogen and oxygen atoms in total. The average Bonchev–Trinajstić information content (AvgIpc) is 2.98. The van der Waals surface area contributed by atoms with Crippen LogP contribution in [0.3, 0.4) is 0 Å². The minimum absolute atomic E-state index is 0.527. The highest BCUT2D eigenvalue weighted by Crippen LogP contribution is 2.24. The predicted octanol–water partition coefficient (Wildman–Crippen LogP) is 1.98. The van der Waals surface area contributed by atoms with Crippen molar-refractivity contribution in [2.24, 2.45) is 0 Å². The van der Waals surface area contributed by atoms with Gasteiger partial charge < -0.3 is 5.11 Å². The predicted molar refractivity (Wildman–Crippen MR) is 70.5 cm³/mol. The lowest BCUT2D eigenvalue weighted by Gasteiger charge is -2.07. The Morgan fingerprint density at radius 3 is 2.94 bits per heavy atom. The van der Waals surface area contributed by atoms with Crippen LogP contribution in [0.2, 0.25) is 0 Å². The standard InChI is InChI=1S/C12H18N4OS/c1-3-5-10-12(18-15-14-10)11(17)6-9-7-13-16(4-2)8-9/h7-8,11,17H,3-6H2,1-2H3. The van der Waals surface area contributed by atoms with Gasteiger partial charge in [0.05, 0.1) is 22.9 Å². The van der Waals surface area contributed by atoms with Gasteiger partial charge in [0.25, 0.3) is 0 Å². The molecular formula is C12H18N4OS. The Hall–Kier alpha value is -1.27. The molecule has 1 unspecified atom stereocenters. The van der Waals surface area contributed by atoms with Crippen LogP contribution in [0.1, 0.15) is 42.5 Å². The van der Waals surface area contributed by atoms with Crippen molar-refractivity contribution in [1.82, 2.24) is 19.4 Å². The van der Waals surface area contributed by atoms with Crippen LogP contribution in [0, 0.1) is 0 Å². The van der Waals surface area contributed by atoms with E-state index in [1.54, 1.807) is 6.20 Å². The van der Waals surface area contributed by atoms with Crippen molar-refractivity contribution in [2.75, 3.05) is 0 Å². The van der Waals surface area contributed by atoms with E-state index in [1.807, 2.05) is 17.8 Å². The summed E-state index contributed by atoms with van der Waals surface area (Å²) in [5, 5.41) is 18.5. The highest BCUT2D eigenvalue weighted by atomic mass is 32.1. The van der Waals surface area contributed by atoms with Crippen LogP contribution in [0.25, 0.3) is 0 Å². The molecule has 1 atom stereocenters. The Labute approximate surface area is 111 Å². The van der Waals surface area contributed by atoms with Crippen molar-refractivity contribution in [2.45, 2.75) is 45.8 Å². The van der Waals surface area contributed by atoms with E-state index in [0.717, 1.165) is 35.5 Å². The summed E-state index contributed by atoms with van der Waals surface area (Å²) >= 11 is 1.29. The summed E-state index contributed by atoms with van der Waals surface area (Å²) in [5.74, 6) is 0. The first-order valence-corrected chi connectivity index (χ1v) is 7.02. The van der Waals surface area contributed by atoms with E-state index in [4.69, 9.17) is 0 Å². The van der Waals surface area contributed by atoms with E-state index in [0.29, 0.717) is 6.42 Å². The summed E-state index contributed by atoms with van der Waals surface area (Å²) in [4.78, 5) is 0.890. The fourth-order valence-corrected chi connectivity index (χ4v) is 2.56. The topological polar surface area (TPSA) is 63.8 Å². The number of aryl methyl sites for hydroxylation is 2. The third-order valence-electron chi connectivity index (χ3n) is 2.81. The molecule has 2 heterocycles. The smallest absolute Gasteiger partial charge is 0.0958 e. The van der Waals surface area contributed by atoms with Gasteiger partial charge in [0, 0.05) is 19.2 Å². The highest BCUT2D eigenvalue weighted by Gasteiger charge is 2.17. The van der Waals surface area contributed by atoms with Gasteiger partial charge in [-0.05, 0) is 30.4 Å². The molecule has 0 spiro atoms. The van der Waals surface area contributed by atoms with Gasteiger partial charge in [0.15, 0.2) is 0 Å². The molecule has 0 aliphatic carbocycles. The van der Waals surface area contributed by atoms with Gasteiger partial charge in [-0.2, -0.15) is 5.10 Å². The van der Waals surface area contributed by atoms with Crippen LogP contribution < -0.4 is 0 Å². The lowest BCUT2D eigenvalue weighted by Crippen LogP contribution is -2.03. The summed E-state index contributed by atoms with van der Waals surface area (Å²) in [6.45, 7) is 4.99. The quantitative estimate of drug-likeness (QED) is 0.868. The number of aliphatic hydroxyl groups is 1. The monoisotopic (exact) mass is 266 g/mol. The number of aromatic nitrogens is 4. The third kappa shape index (κ3) is 2.94. The van der Waals surface area contributed by atoms with Crippen molar-refractivity contribution >= 4 is 11.5 Å². The molecule has 0 fully saturated rings. The van der Waals surface area contributed by atoms with Crippen LogP contribution in [0.15, 0.2) is 12.4 Å². The van der Waals surface area contributed by atoms with Gasteiger partial charge in [-0.3, -0.25) is 4.68 Å². The first-order chi connectivity index (χ1) is 8.74. The number of aliphatic hydroxyl groups excluding tert-OH is 1. The van der Waals surface area contributed by atoms with Gasteiger partial charge in [0.2, 0.25) is 0 Å². The van der Waals surface area contributed by atoms with E-state index in [9.17, 15) is 5.11 Å². The van der Waals surface area contributed by atoms with Gasteiger partial charge in [0.1, 0.15) is 0 Å². The molecule has 0 saturated carbocycles. The molecule has 98 valence electrons. The SMILES string of the molecule is CCCc1nnsc1C(O)Cc1cnn(CC)c1. The normalized spacial score (nSPS) is 12.8. The molecule has 6 heteroatoms. The maximum Gasteiger partial charge on any atom is 0.0958 e. The molecular weight excluding hydrogens is 248 g/mol. The zero-order valence-corrected chi connectivity index (χ0v) is 11.5. The largest absolute Gasteiger partial charge is 0.387 e. The lowest BCUT2D eigenvalue weighted by molar-refractivity contribution is 0.181. The molecule has 2 aromatic rings. The molecule has 0 radical (unpaired) electrons. The number of hydrogen-bond acceptors (Lipinski definition) is 5. The summed E-state index contributed by atoms with van der Waals surface area (Å²) in [7, 11) is 0. The van der Waals surface area contributed by atoms with Crippen LogP contribution in [0.4, 0.5) is 0 Å².